The molecule has 1 aliphatic heterocycles. The predicted molar refractivity (Wildman–Crippen MR) is 96.3 cm³/mol. The quantitative estimate of drug-likeness (QED) is 0.762. The molecule has 128 valence electrons. The second-order valence-corrected chi connectivity index (χ2v) is 6.93. The molecule has 1 fully saturated rings. The highest BCUT2D eigenvalue weighted by Crippen LogP contribution is 2.21. The zero-order valence-corrected chi connectivity index (χ0v) is 15.2. The summed E-state index contributed by atoms with van der Waals surface area (Å²) in [7, 11) is 2.16. The Morgan fingerprint density at radius 3 is 2.65 bits per heavy atom. The van der Waals surface area contributed by atoms with Gasteiger partial charge in [-0.3, -0.25) is 4.79 Å². The molecule has 0 aliphatic carbocycles. The van der Waals surface area contributed by atoms with Crippen LogP contribution in [-0.2, 0) is 11.2 Å². The Kier molecular flexibility index (Phi) is 7.63. The van der Waals surface area contributed by atoms with Crippen LogP contribution in [0.15, 0.2) is 18.2 Å². The lowest BCUT2D eigenvalue weighted by Gasteiger charge is -2.32. The Labute approximate surface area is 148 Å². The average molecular weight is 358 g/mol. The SMILES string of the molecule is CN1CCN(CCCNC(=O)CCc2ccc(Cl)cc2Cl)CC1. The van der Waals surface area contributed by atoms with Crippen molar-refractivity contribution in [2.45, 2.75) is 19.3 Å². The topological polar surface area (TPSA) is 35.6 Å². The van der Waals surface area contributed by atoms with Gasteiger partial charge < -0.3 is 15.1 Å². The average Bonchev–Trinajstić information content (AvgIpc) is 2.52. The van der Waals surface area contributed by atoms with Crippen molar-refractivity contribution in [3.63, 3.8) is 0 Å². The highest BCUT2D eigenvalue weighted by atomic mass is 35.5. The fraction of sp³-hybridized carbons (Fsp3) is 0.588. The number of carbonyl (C=O) groups is 1. The first kappa shape index (κ1) is 18.5. The van der Waals surface area contributed by atoms with Crippen LogP contribution in [0.1, 0.15) is 18.4 Å². The highest BCUT2D eigenvalue weighted by Gasteiger charge is 2.13. The van der Waals surface area contributed by atoms with Gasteiger partial charge in [0.2, 0.25) is 5.91 Å². The third-order valence-electron chi connectivity index (χ3n) is 4.21. The van der Waals surface area contributed by atoms with Gasteiger partial charge in [-0.1, -0.05) is 29.3 Å². The smallest absolute Gasteiger partial charge is 0.220 e. The van der Waals surface area contributed by atoms with Crippen molar-refractivity contribution in [1.29, 1.82) is 0 Å². The minimum absolute atomic E-state index is 0.0781. The van der Waals surface area contributed by atoms with Crippen LogP contribution in [-0.4, -0.2) is 62.0 Å². The molecule has 1 aliphatic rings. The molecule has 0 atom stereocenters. The zero-order chi connectivity index (χ0) is 16.7. The molecule has 1 aromatic carbocycles. The van der Waals surface area contributed by atoms with E-state index in [1.165, 1.54) is 0 Å². The number of halogens is 2. The third kappa shape index (κ3) is 6.68. The number of rotatable bonds is 7. The van der Waals surface area contributed by atoms with Crippen LogP contribution in [0.25, 0.3) is 0 Å². The minimum atomic E-state index is 0.0781. The number of carbonyl (C=O) groups excluding carboxylic acids is 1. The van der Waals surface area contributed by atoms with Crippen molar-refractivity contribution >= 4 is 29.1 Å². The molecule has 2 rings (SSSR count). The van der Waals surface area contributed by atoms with Gasteiger partial charge in [0, 0.05) is 49.2 Å². The molecule has 4 nitrogen and oxygen atoms in total. The Hall–Kier alpha value is -0.810. The maximum Gasteiger partial charge on any atom is 0.220 e. The van der Waals surface area contributed by atoms with Crippen molar-refractivity contribution in [3.8, 4) is 0 Å². The number of piperazine rings is 1. The minimum Gasteiger partial charge on any atom is -0.356 e. The van der Waals surface area contributed by atoms with E-state index < -0.39 is 0 Å². The number of benzene rings is 1. The largest absolute Gasteiger partial charge is 0.356 e. The van der Waals surface area contributed by atoms with Gasteiger partial charge in [0.15, 0.2) is 0 Å². The van der Waals surface area contributed by atoms with E-state index in [2.05, 4.69) is 22.2 Å². The lowest BCUT2D eigenvalue weighted by Crippen LogP contribution is -2.45. The second-order valence-electron chi connectivity index (χ2n) is 6.08. The number of amides is 1. The summed E-state index contributed by atoms with van der Waals surface area (Å²) in [6, 6.07) is 5.40. The van der Waals surface area contributed by atoms with Gasteiger partial charge in [0.1, 0.15) is 0 Å². The molecule has 1 N–H and O–H groups in total. The van der Waals surface area contributed by atoms with Crippen LogP contribution >= 0.6 is 23.2 Å². The van der Waals surface area contributed by atoms with Crippen molar-refractivity contribution < 1.29 is 4.79 Å². The molecule has 0 aromatic heterocycles. The van der Waals surface area contributed by atoms with Crippen molar-refractivity contribution in [1.82, 2.24) is 15.1 Å². The Morgan fingerprint density at radius 2 is 1.96 bits per heavy atom. The van der Waals surface area contributed by atoms with Crippen LogP contribution < -0.4 is 5.32 Å². The van der Waals surface area contributed by atoms with Gasteiger partial charge in [-0.2, -0.15) is 0 Å². The maximum atomic E-state index is 11.9. The van der Waals surface area contributed by atoms with Gasteiger partial charge >= 0.3 is 0 Å². The van der Waals surface area contributed by atoms with E-state index >= 15 is 0 Å². The normalized spacial score (nSPS) is 16.5. The lowest BCUT2D eigenvalue weighted by atomic mass is 10.1. The molecule has 0 spiro atoms. The number of likely N-dealkylation sites (N-methyl/N-ethyl adjacent to an activating group) is 1. The molecule has 1 amide bonds. The molecular weight excluding hydrogens is 333 g/mol. The highest BCUT2D eigenvalue weighted by molar-refractivity contribution is 6.35. The fourth-order valence-electron chi connectivity index (χ4n) is 2.66. The number of hydrogen-bond acceptors (Lipinski definition) is 3. The van der Waals surface area contributed by atoms with Crippen molar-refractivity contribution in [2.24, 2.45) is 0 Å². The van der Waals surface area contributed by atoms with E-state index in [1.807, 2.05) is 6.07 Å². The maximum absolute atomic E-state index is 11.9. The van der Waals surface area contributed by atoms with E-state index in [1.54, 1.807) is 12.1 Å². The number of nitrogens with one attached hydrogen (secondary N) is 1. The standard InChI is InChI=1S/C17H25Cl2N3O/c1-21-9-11-22(12-10-21)8-2-7-20-17(23)6-4-14-3-5-15(18)13-16(14)19/h3,5,13H,2,4,6-12H2,1H3,(H,20,23). The van der Waals surface area contributed by atoms with Gasteiger partial charge in [0.05, 0.1) is 0 Å². The van der Waals surface area contributed by atoms with E-state index in [0.29, 0.717) is 22.9 Å². The summed E-state index contributed by atoms with van der Waals surface area (Å²) in [5.74, 6) is 0.0781. The Bertz CT molecular complexity index is 517. The summed E-state index contributed by atoms with van der Waals surface area (Å²) in [4.78, 5) is 16.7. The molecule has 1 saturated heterocycles. The van der Waals surface area contributed by atoms with E-state index in [4.69, 9.17) is 23.2 Å². The third-order valence-corrected chi connectivity index (χ3v) is 4.79. The van der Waals surface area contributed by atoms with E-state index in [0.717, 1.165) is 51.3 Å². The molecule has 0 saturated carbocycles. The Balaban J connectivity index is 1.58. The number of nitrogens with zero attached hydrogens (tertiary/aromatic N) is 2. The van der Waals surface area contributed by atoms with Crippen LogP contribution in [0.3, 0.4) is 0 Å². The second kappa shape index (κ2) is 9.48. The fourth-order valence-corrected chi connectivity index (χ4v) is 3.17. The first-order valence-electron chi connectivity index (χ1n) is 8.16. The summed E-state index contributed by atoms with van der Waals surface area (Å²) in [5, 5.41) is 4.23. The van der Waals surface area contributed by atoms with Crippen LogP contribution in [0.5, 0.6) is 0 Å². The molecule has 1 aromatic rings. The van der Waals surface area contributed by atoms with Crippen LogP contribution in [0, 0.1) is 0 Å². The van der Waals surface area contributed by atoms with Crippen molar-refractivity contribution in [2.75, 3.05) is 46.3 Å². The molecular formula is C17H25Cl2N3O. The first-order chi connectivity index (χ1) is 11.0. The van der Waals surface area contributed by atoms with Crippen LogP contribution in [0.2, 0.25) is 10.0 Å². The lowest BCUT2D eigenvalue weighted by molar-refractivity contribution is -0.121. The van der Waals surface area contributed by atoms with E-state index in [-0.39, 0.29) is 5.91 Å². The summed E-state index contributed by atoms with van der Waals surface area (Å²) >= 11 is 12.0. The predicted octanol–water partition coefficient (Wildman–Crippen LogP) is 2.68. The zero-order valence-electron chi connectivity index (χ0n) is 13.7. The molecule has 1 heterocycles. The summed E-state index contributed by atoms with van der Waals surface area (Å²) in [6.07, 6.45) is 2.09. The number of hydrogen-bond donors (Lipinski definition) is 1. The Morgan fingerprint density at radius 1 is 1.22 bits per heavy atom. The van der Waals surface area contributed by atoms with Gasteiger partial charge in [-0.25, -0.2) is 0 Å². The van der Waals surface area contributed by atoms with Crippen molar-refractivity contribution in [3.05, 3.63) is 33.8 Å². The van der Waals surface area contributed by atoms with Crippen LogP contribution in [0.4, 0.5) is 0 Å². The molecule has 0 radical (unpaired) electrons. The molecule has 23 heavy (non-hydrogen) atoms. The van der Waals surface area contributed by atoms with Gasteiger partial charge in [-0.15, -0.1) is 0 Å². The molecule has 6 heteroatoms. The summed E-state index contributed by atoms with van der Waals surface area (Å²) in [6.45, 7) is 6.30. The number of aryl methyl sites for hydroxylation is 1. The molecule has 0 unspecified atom stereocenters. The summed E-state index contributed by atoms with van der Waals surface area (Å²) in [5.41, 5.74) is 0.962. The van der Waals surface area contributed by atoms with E-state index in [9.17, 15) is 4.79 Å². The van der Waals surface area contributed by atoms with Gasteiger partial charge in [0.25, 0.3) is 0 Å². The van der Waals surface area contributed by atoms with Gasteiger partial charge in [-0.05, 0) is 44.1 Å². The summed E-state index contributed by atoms with van der Waals surface area (Å²) < 4.78 is 0. The first-order valence-corrected chi connectivity index (χ1v) is 8.92. The molecule has 0 bridgehead atoms. The monoisotopic (exact) mass is 357 g/mol.